The molecule has 124 valence electrons. The first kappa shape index (κ1) is 20.2. The van der Waals surface area contributed by atoms with E-state index in [2.05, 4.69) is 6.92 Å². The third-order valence-corrected chi connectivity index (χ3v) is 3.59. The van der Waals surface area contributed by atoms with Gasteiger partial charge in [0.1, 0.15) is 0 Å². The molecule has 0 unspecified atom stereocenters. The van der Waals surface area contributed by atoms with E-state index in [0.29, 0.717) is 13.0 Å². The van der Waals surface area contributed by atoms with Gasteiger partial charge in [0.15, 0.2) is 0 Å². The molecule has 0 bridgehead atoms. The Morgan fingerprint density at radius 2 is 1.57 bits per heavy atom. The van der Waals surface area contributed by atoms with Gasteiger partial charge in [-0.3, -0.25) is 0 Å². The molecular weight excluding hydrogens is 264 g/mol. The zero-order valence-corrected chi connectivity index (χ0v) is 14.0. The van der Waals surface area contributed by atoms with Crippen molar-refractivity contribution in [3.05, 3.63) is 12.2 Å². The molecule has 0 aliphatic carbocycles. The van der Waals surface area contributed by atoms with Gasteiger partial charge in [0.2, 0.25) is 0 Å². The summed E-state index contributed by atoms with van der Waals surface area (Å²) < 4.78 is 4.78. The molecule has 0 heterocycles. The number of esters is 1. The SMILES string of the molecule is CCCCCCCCCCC[C@H](O)C/C=C/C(=O)OCC. The monoisotopic (exact) mass is 298 g/mol. The van der Waals surface area contributed by atoms with Crippen LogP contribution >= 0.6 is 0 Å². The summed E-state index contributed by atoms with van der Waals surface area (Å²) in [5.74, 6) is -0.326. The summed E-state index contributed by atoms with van der Waals surface area (Å²) in [6.07, 6.45) is 15.8. The van der Waals surface area contributed by atoms with Gasteiger partial charge in [-0.25, -0.2) is 4.79 Å². The van der Waals surface area contributed by atoms with Crippen LogP contribution in [0.15, 0.2) is 12.2 Å². The summed E-state index contributed by atoms with van der Waals surface area (Å²) in [7, 11) is 0. The van der Waals surface area contributed by atoms with Gasteiger partial charge >= 0.3 is 5.97 Å². The minimum Gasteiger partial charge on any atom is -0.463 e. The van der Waals surface area contributed by atoms with Crippen molar-refractivity contribution in [1.82, 2.24) is 0 Å². The summed E-state index contributed by atoms with van der Waals surface area (Å²) in [5, 5.41) is 9.79. The van der Waals surface area contributed by atoms with Crippen molar-refractivity contribution < 1.29 is 14.6 Å². The average Bonchev–Trinajstić information content (AvgIpc) is 2.46. The minimum atomic E-state index is -0.333. The smallest absolute Gasteiger partial charge is 0.330 e. The third kappa shape index (κ3) is 15.4. The summed E-state index contributed by atoms with van der Waals surface area (Å²) in [6, 6.07) is 0. The maximum atomic E-state index is 11.1. The fourth-order valence-corrected chi connectivity index (χ4v) is 2.32. The van der Waals surface area contributed by atoms with E-state index in [1.165, 1.54) is 57.4 Å². The molecule has 3 nitrogen and oxygen atoms in total. The lowest BCUT2D eigenvalue weighted by atomic mass is 10.0. The number of rotatable bonds is 14. The van der Waals surface area contributed by atoms with Crippen LogP contribution in [0.25, 0.3) is 0 Å². The highest BCUT2D eigenvalue weighted by Crippen LogP contribution is 2.12. The standard InChI is InChI=1S/C18H34O3/c1-3-5-6-7-8-9-10-11-12-14-17(19)15-13-16-18(20)21-4-2/h13,16-17,19H,3-12,14-15H2,1-2H3/b16-13+/t17-/m0/s1. The Morgan fingerprint density at radius 3 is 2.14 bits per heavy atom. The average molecular weight is 298 g/mol. The molecule has 0 aromatic carbocycles. The van der Waals surface area contributed by atoms with Crippen LogP contribution in [0.4, 0.5) is 0 Å². The van der Waals surface area contributed by atoms with Gasteiger partial charge in [-0.1, -0.05) is 70.8 Å². The van der Waals surface area contributed by atoms with Crippen LogP contribution in [0.1, 0.15) is 84.5 Å². The van der Waals surface area contributed by atoms with Crippen molar-refractivity contribution >= 4 is 5.97 Å². The van der Waals surface area contributed by atoms with Crippen LogP contribution in [-0.4, -0.2) is 23.8 Å². The van der Waals surface area contributed by atoms with E-state index in [0.717, 1.165) is 12.8 Å². The number of unbranched alkanes of at least 4 members (excludes halogenated alkanes) is 8. The third-order valence-electron chi connectivity index (χ3n) is 3.59. The van der Waals surface area contributed by atoms with Crippen molar-refractivity contribution in [3.8, 4) is 0 Å². The summed E-state index contributed by atoms with van der Waals surface area (Å²) >= 11 is 0. The molecule has 0 aromatic heterocycles. The van der Waals surface area contributed by atoms with Gasteiger partial charge in [-0.2, -0.15) is 0 Å². The second-order valence-electron chi connectivity index (χ2n) is 5.66. The predicted molar refractivity (Wildman–Crippen MR) is 88.2 cm³/mol. The first-order chi connectivity index (χ1) is 10.2. The Kier molecular flexibility index (Phi) is 14.9. The summed E-state index contributed by atoms with van der Waals surface area (Å²) in [5.41, 5.74) is 0. The van der Waals surface area contributed by atoms with E-state index in [4.69, 9.17) is 4.74 Å². The quantitative estimate of drug-likeness (QED) is 0.285. The maximum absolute atomic E-state index is 11.1. The molecule has 0 aromatic rings. The molecule has 1 atom stereocenters. The van der Waals surface area contributed by atoms with Gasteiger partial charge in [-0.05, 0) is 19.8 Å². The zero-order chi connectivity index (χ0) is 15.8. The Balaban J connectivity index is 3.33. The van der Waals surface area contributed by atoms with E-state index >= 15 is 0 Å². The van der Waals surface area contributed by atoms with E-state index in [9.17, 15) is 9.90 Å². The summed E-state index contributed by atoms with van der Waals surface area (Å²) in [6.45, 7) is 4.42. The van der Waals surface area contributed by atoms with Gasteiger partial charge in [0, 0.05) is 6.08 Å². The van der Waals surface area contributed by atoms with Crippen LogP contribution in [0.2, 0.25) is 0 Å². The first-order valence-corrected chi connectivity index (χ1v) is 8.72. The van der Waals surface area contributed by atoms with Crippen LogP contribution < -0.4 is 0 Å². The normalized spacial score (nSPS) is 12.7. The molecule has 0 amide bonds. The Morgan fingerprint density at radius 1 is 1.00 bits per heavy atom. The van der Waals surface area contributed by atoms with Crippen molar-refractivity contribution in [2.75, 3.05) is 6.61 Å². The van der Waals surface area contributed by atoms with Crippen molar-refractivity contribution in [2.45, 2.75) is 90.6 Å². The number of carbonyl (C=O) groups excluding carboxylic acids is 1. The summed E-state index contributed by atoms with van der Waals surface area (Å²) in [4.78, 5) is 11.1. The second kappa shape index (κ2) is 15.6. The molecule has 0 fully saturated rings. The van der Waals surface area contributed by atoms with Gasteiger partial charge < -0.3 is 9.84 Å². The minimum absolute atomic E-state index is 0.326. The topological polar surface area (TPSA) is 46.5 Å². The number of hydrogen-bond donors (Lipinski definition) is 1. The molecule has 0 aliphatic heterocycles. The number of carbonyl (C=O) groups is 1. The molecule has 0 radical (unpaired) electrons. The highest BCUT2D eigenvalue weighted by molar-refractivity contribution is 5.81. The van der Waals surface area contributed by atoms with E-state index in [1.54, 1.807) is 13.0 Å². The molecule has 0 rings (SSSR count). The van der Waals surface area contributed by atoms with E-state index in [-0.39, 0.29) is 12.1 Å². The predicted octanol–water partition coefficient (Wildman–Crippen LogP) is 4.78. The molecule has 0 saturated heterocycles. The number of aliphatic hydroxyl groups excluding tert-OH is 1. The van der Waals surface area contributed by atoms with Crippen LogP contribution in [0.3, 0.4) is 0 Å². The zero-order valence-electron chi connectivity index (χ0n) is 14.0. The van der Waals surface area contributed by atoms with Crippen LogP contribution in [-0.2, 0) is 9.53 Å². The molecule has 1 N–H and O–H groups in total. The second-order valence-corrected chi connectivity index (χ2v) is 5.66. The van der Waals surface area contributed by atoms with Gasteiger partial charge in [0.05, 0.1) is 12.7 Å². The Labute approximate surface area is 130 Å². The number of aliphatic hydroxyl groups is 1. The largest absolute Gasteiger partial charge is 0.463 e. The lowest BCUT2D eigenvalue weighted by Gasteiger charge is -2.07. The fourth-order valence-electron chi connectivity index (χ4n) is 2.32. The molecular formula is C18H34O3. The molecule has 0 saturated carbocycles. The lowest BCUT2D eigenvalue weighted by molar-refractivity contribution is -0.137. The molecule has 21 heavy (non-hydrogen) atoms. The van der Waals surface area contributed by atoms with E-state index < -0.39 is 0 Å². The highest BCUT2D eigenvalue weighted by Gasteiger charge is 2.02. The Bertz CT molecular complexity index is 261. The van der Waals surface area contributed by atoms with Crippen LogP contribution in [0.5, 0.6) is 0 Å². The first-order valence-electron chi connectivity index (χ1n) is 8.72. The van der Waals surface area contributed by atoms with Crippen molar-refractivity contribution in [3.63, 3.8) is 0 Å². The lowest BCUT2D eigenvalue weighted by Crippen LogP contribution is -2.05. The molecule has 3 heteroatoms. The number of ether oxygens (including phenoxy) is 1. The Hall–Kier alpha value is -0.830. The molecule has 0 spiro atoms. The van der Waals surface area contributed by atoms with Crippen molar-refractivity contribution in [1.29, 1.82) is 0 Å². The molecule has 0 aliphatic rings. The van der Waals surface area contributed by atoms with Crippen LogP contribution in [0, 0.1) is 0 Å². The maximum Gasteiger partial charge on any atom is 0.330 e. The van der Waals surface area contributed by atoms with Gasteiger partial charge in [-0.15, -0.1) is 0 Å². The van der Waals surface area contributed by atoms with Gasteiger partial charge in [0.25, 0.3) is 0 Å². The van der Waals surface area contributed by atoms with E-state index in [1.807, 2.05) is 0 Å². The fraction of sp³-hybridized carbons (Fsp3) is 0.833. The number of hydrogen-bond acceptors (Lipinski definition) is 3. The van der Waals surface area contributed by atoms with Crippen molar-refractivity contribution in [2.24, 2.45) is 0 Å². The highest BCUT2D eigenvalue weighted by atomic mass is 16.5.